The Hall–Kier alpha value is -3.08. The zero-order chi connectivity index (χ0) is 18.8. The van der Waals surface area contributed by atoms with E-state index in [-0.39, 0.29) is 18.8 Å². The molecule has 0 spiro atoms. The second-order valence-electron chi connectivity index (χ2n) is 6.70. The first-order valence-electron chi connectivity index (χ1n) is 9.04. The van der Waals surface area contributed by atoms with Crippen LogP contribution in [0.3, 0.4) is 0 Å². The molecule has 0 unspecified atom stereocenters. The van der Waals surface area contributed by atoms with Crippen molar-refractivity contribution in [1.29, 1.82) is 0 Å². The van der Waals surface area contributed by atoms with E-state index in [1.54, 1.807) is 0 Å². The van der Waals surface area contributed by atoms with Gasteiger partial charge in [0.25, 0.3) is 0 Å². The molecule has 1 aliphatic carbocycles. The molecule has 0 saturated carbocycles. The third-order valence-corrected chi connectivity index (χ3v) is 4.93. The first-order chi connectivity index (χ1) is 13.1. The van der Waals surface area contributed by atoms with E-state index in [0.29, 0.717) is 11.3 Å². The lowest BCUT2D eigenvalue weighted by atomic mass is 10.0. The second-order valence-corrected chi connectivity index (χ2v) is 6.70. The third-order valence-electron chi connectivity index (χ3n) is 4.93. The van der Waals surface area contributed by atoms with Crippen molar-refractivity contribution in [3.05, 3.63) is 75.1 Å². The van der Waals surface area contributed by atoms with E-state index in [0.717, 1.165) is 46.9 Å². The van der Waals surface area contributed by atoms with E-state index in [1.165, 1.54) is 0 Å². The molecule has 1 aliphatic rings. The molecule has 0 amide bonds. The molecular formula is C22H20O5. The summed E-state index contributed by atoms with van der Waals surface area (Å²) in [5.41, 5.74) is 3.78. The number of rotatable bonds is 5. The van der Waals surface area contributed by atoms with Crippen molar-refractivity contribution in [1.82, 2.24) is 0 Å². The van der Waals surface area contributed by atoms with Gasteiger partial charge < -0.3 is 13.9 Å². The average molecular weight is 364 g/mol. The van der Waals surface area contributed by atoms with Crippen LogP contribution in [0.1, 0.15) is 28.7 Å². The van der Waals surface area contributed by atoms with Gasteiger partial charge in [-0.05, 0) is 49.4 Å². The minimum absolute atomic E-state index is 0.200. The van der Waals surface area contributed by atoms with Gasteiger partial charge >= 0.3 is 11.6 Å². The van der Waals surface area contributed by atoms with Crippen molar-refractivity contribution in [3.63, 3.8) is 0 Å². The summed E-state index contributed by atoms with van der Waals surface area (Å²) in [5.74, 6) is 0.0639. The van der Waals surface area contributed by atoms with Crippen LogP contribution in [0.5, 0.6) is 5.75 Å². The lowest BCUT2D eigenvalue weighted by molar-refractivity contribution is -0.147. The van der Waals surface area contributed by atoms with Crippen LogP contribution < -0.4 is 10.4 Å². The maximum absolute atomic E-state index is 12.2. The quantitative estimate of drug-likeness (QED) is 0.510. The van der Waals surface area contributed by atoms with E-state index < -0.39 is 5.97 Å². The molecule has 0 aliphatic heterocycles. The Morgan fingerprint density at radius 2 is 1.85 bits per heavy atom. The largest absolute Gasteiger partial charge is 0.481 e. The monoisotopic (exact) mass is 364 g/mol. The molecule has 0 fully saturated rings. The van der Waals surface area contributed by atoms with Crippen LogP contribution in [0.15, 0.2) is 51.7 Å². The van der Waals surface area contributed by atoms with E-state index in [4.69, 9.17) is 13.9 Å². The van der Waals surface area contributed by atoms with Gasteiger partial charge in [-0.3, -0.25) is 0 Å². The van der Waals surface area contributed by atoms with Gasteiger partial charge in [0.15, 0.2) is 6.61 Å². The molecule has 1 heterocycles. The summed E-state index contributed by atoms with van der Waals surface area (Å²) in [6, 6.07) is 13.2. The van der Waals surface area contributed by atoms with Crippen LogP contribution >= 0.6 is 0 Å². The van der Waals surface area contributed by atoms with Gasteiger partial charge in [-0.15, -0.1) is 0 Å². The fraction of sp³-hybridized carbons (Fsp3) is 0.273. The van der Waals surface area contributed by atoms with Crippen LogP contribution in [0.2, 0.25) is 0 Å². The molecule has 138 valence electrons. The van der Waals surface area contributed by atoms with Gasteiger partial charge in [-0.2, -0.15) is 0 Å². The van der Waals surface area contributed by atoms with Crippen LogP contribution in [0, 0.1) is 6.92 Å². The standard InChI is InChI=1S/C22H20O5/c1-14-19(25-13-20(23)26-12-15-6-3-2-4-7-15)11-10-17-16-8-5-9-18(16)22(24)27-21(14)17/h2-4,6-7,10-11H,5,8-9,12-13H2,1H3. The molecule has 5 heteroatoms. The smallest absolute Gasteiger partial charge is 0.344 e. The van der Waals surface area contributed by atoms with Gasteiger partial charge in [-0.1, -0.05) is 30.3 Å². The molecule has 27 heavy (non-hydrogen) atoms. The lowest BCUT2D eigenvalue weighted by Gasteiger charge is -2.12. The third kappa shape index (κ3) is 3.45. The topological polar surface area (TPSA) is 65.7 Å². The number of aryl methyl sites for hydroxylation is 2. The maximum atomic E-state index is 12.2. The summed E-state index contributed by atoms with van der Waals surface area (Å²) in [6.07, 6.45) is 2.64. The molecule has 0 radical (unpaired) electrons. The lowest BCUT2D eigenvalue weighted by Crippen LogP contribution is -2.15. The fourth-order valence-corrected chi connectivity index (χ4v) is 3.54. The zero-order valence-electron chi connectivity index (χ0n) is 15.1. The predicted octanol–water partition coefficient (Wildman–Crippen LogP) is 3.71. The van der Waals surface area contributed by atoms with Crippen molar-refractivity contribution < 1.29 is 18.7 Å². The van der Waals surface area contributed by atoms with E-state index in [2.05, 4.69) is 0 Å². The molecule has 4 rings (SSSR count). The summed E-state index contributed by atoms with van der Waals surface area (Å²) in [5, 5.41) is 0.957. The summed E-state index contributed by atoms with van der Waals surface area (Å²) >= 11 is 0. The summed E-state index contributed by atoms with van der Waals surface area (Å²) < 4.78 is 16.4. The molecule has 2 aromatic carbocycles. The van der Waals surface area contributed by atoms with E-state index in [1.807, 2.05) is 49.4 Å². The number of fused-ring (bicyclic) bond motifs is 3. The number of carbonyl (C=O) groups excluding carboxylic acids is 1. The van der Waals surface area contributed by atoms with Crippen molar-refractivity contribution in [3.8, 4) is 5.75 Å². The summed E-state index contributed by atoms with van der Waals surface area (Å²) in [7, 11) is 0. The Kier molecular flexibility index (Phi) is 4.67. The SMILES string of the molecule is Cc1c(OCC(=O)OCc2ccccc2)ccc2c3c(c(=O)oc12)CCC3. The van der Waals surface area contributed by atoms with Gasteiger partial charge in [0, 0.05) is 16.5 Å². The number of benzene rings is 2. The summed E-state index contributed by atoms with van der Waals surface area (Å²) in [4.78, 5) is 24.1. The normalized spacial score (nSPS) is 12.8. The molecule has 1 aromatic heterocycles. The Morgan fingerprint density at radius 1 is 1.07 bits per heavy atom. The molecular weight excluding hydrogens is 344 g/mol. The van der Waals surface area contributed by atoms with Crippen LogP contribution in [0.25, 0.3) is 11.0 Å². The van der Waals surface area contributed by atoms with Crippen molar-refractivity contribution in [2.75, 3.05) is 6.61 Å². The highest BCUT2D eigenvalue weighted by atomic mass is 16.6. The Balaban J connectivity index is 1.48. The Labute approximate surface area is 156 Å². The predicted molar refractivity (Wildman–Crippen MR) is 101 cm³/mol. The number of ether oxygens (including phenoxy) is 2. The van der Waals surface area contributed by atoms with Crippen LogP contribution in [0.4, 0.5) is 0 Å². The first kappa shape index (κ1) is 17.3. The van der Waals surface area contributed by atoms with E-state index in [9.17, 15) is 9.59 Å². The van der Waals surface area contributed by atoms with Crippen LogP contribution in [-0.2, 0) is 29.0 Å². The van der Waals surface area contributed by atoms with Gasteiger partial charge in [0.05, 0.1) is 0 Å². The number of esters is 1. The molecule has 5 nitrogen and oxygen atoms in total. The second kappa shape index (κ2) is 7.27. The van der Waals surface area contributed by atoms with Crippen molar-refractivity contribution in [2.24, 2.45) is 0 Å². The zero-order valence-corrected chi connectivity index (χ0v) is 15.1. The fourth-order valence-electron chi connectivity index (χ4n) is 3.54. The van der Waals surface area contributed by atoms with Gasteiger partial charge in [0.2, 0.25) is 0 Å². The molecule has 0 saturated heterocycles. The highest BCUT2D eigenvalue weighted by Gasteiger charge is 2.21. The molecule has 3 aromatic rings. The maximum Gasteiger partial charge on any atom is 0.344 e. The Bertz CT molecular complexity index is 1050. The highest BCUT2D eigenvalue weighted by Crippen LogP contribution is 2.32. The first-order valence-corrected chi connectivity index (χ1v) is 9.04. The number of carbonyl (C=O) groups is 1. The van der Waals surface area contributed by atoms with Crippen LogP contribution in [-0.4, -0.2) is 12.6 Å². The average Bonchev–Trinajstić information content (AvgIpc) is 3.18. The summed E-state index contributed by atoms with van der Waals surface area (Å²) in [6.45, 7) is 1.84. The van der Waals surface area contributed by atoms with Crippen molar-refractivity contribution >= 4 is 16.9 Å². The Morgan fingerprint density at radius 3 is 2.67 bits per heavy atom. The van der Waals surface area contributed by atoms with E-state index >= 15 is 0 Å². The number of hydrogen-bond acceptors (Lipinski definition) is 5. The molecule has 0 atom stereocenters. The van der Waals surface area contributed by atoms with Gasteiger partial charge in [-0.25, -0.2) is 9.59 Å². The molecule has 0 bridgehead atoms. The number of hydrogen-bond donors (Lipinski definition) is 0. The molecule has 0 N–H and O–H groups in total. The van der Waals surface area contributed by atoms with Crippen molar-refractivity contribution in [2.45, 2.75) is 32.8 Å². The minimum Gasteiger partial charge on any atom is -0.481 e. The van der Waals surface area contributed by atoms with Gasteiger partial charge in [0.1, 0.15) is 17.9 Å². The highest BCUT2D eigenvalue weighted by molar-refractivity contribution is 5.86. The minimum atomic E-state index is -0.450.